The Labute approximate surface area is 124 Å². The summed E-state index contributed by atoms with van der Waals surface area (Å²) in [5.41, 5.74) is 3.97. The predicted molar refractivity (Wildman–Crippen MR) is 81.3 cm³/mol. The van der Waals surface area contributed by atoms with Crippen LogP contribution in [-0.2, 0) is 6.42 Å². The van der Waals surface area contributed by atoms with E-state index in [1.54, 1.807) is 0 Å². The molecular weight excluding hydrogens is 326 g/mol. The van der Waals surface area contributed by atoms with Crippen molar-refractivity contribution < 1.29 is 0 Å². The van der Waals surface area contributed by atoms with Crippen LogP contribution in [0.5, 0.6) is 0 Å². The first-order valence-corrected chi connectivity index (χ1v) is 7.69. The first-order chi connectivity index (χ1) is 9.22. The fourth-order valence-electron chi connectivity index (χ4n) is 2.46. The molecule has 1 atom stereocenters. The number of nitrogen functional groups attached to an aromatic ring is 1. The number of rotatable bonds is 2. The molecule has 0 fully saturated rings. The molecule has 2 aromatic rings. The number of aromatic nitrogens is 2. The lowest BCUT2D eigenvalue weighted by Gasteiger charge is -2.35. The first kappa shape index (κ1) is 12.8. The highest BCUT2D eigenvalue weighted by atomic mass is 79.9. The van der Waals surface area contributed by atoms with Crippen LogP contribution in [0.25, 0.3) is 0 Å². The Kier molecular flexibility index (Phi) is 3.42. The van der Waals surface area contributed by atoms with Gasteiger partial charge in [0.15, 0.2) is 5.82 Å². The topological polar surface area (TPSA) is 67.1 Å². The molecule has 0 radical (unpaired) electrons. The van der Waals surface area contributed by atoms with Gasteiger partial charge in [-0.1, -0.05) is 0 Å². The van der Waals surface area contributed by atoms with Gasteiger partial charge in [0, 0.05) is 11.4 Å². The maximum atomic E-state index is 5.46. The molecule has 100 valence electrons. The maximum absolute atomic E-state index is 5.46. The van der Waals surface area contributed by atoms with Gasteiger partial charge in [0.2, 0.25) is 0 Å². The average molecular weight is 340 g/mol. The molecular formula is C12H14BrN5S. The number of nitrogens with one attached hydrogen (secondary N) is 1. The smallest absolute Gasteiger partial charge is 0.159 e. The molecule has 3 N–H and O–H groups in total. The SMILES string of the molecule is CC1c2ccsc2CCN1c1ncnc(NN)c1Br. The van der Waals surface area contributed by atoms with Crippen LogP contribution in [0.2, 0.25) is 0 Å². The highest BCUT2D eigenvalue weighted by Gasteiger charge is 2.27. The standard InChI is InChI=1S/C12H14BrN5S/c1-7-8-3-5-19-9(8)2-4-18(7)12-10(13)11(17-14)15-6-16-12/h3,5-7H,2,4,14H2,1H3,(H,15,16,17). The van der Waals surface area contributed by atoms with Crippen LogP contribution in [0.4, 0.5) is 11.6 Å². The molecule has 3 heterocycles. The van der Waals surface area contributed by atoms with Crippen molar-refractivity contribution >= 4 is 38.9 Å². The van der Waals surface area contributed by atoms with Gasteiger partial charge in [-0.3, -0.25) is 0 Å². The molecule has 5 nitrogen and oxygen atoms in total. The number of fused-ring (bicyclic) bond motifs is 1. The van der Waals surface area contributed by atoms with Crippen LogP contribution in [0.3, 0.4) is 0 Å². The van der Waals surface area contributed by atoms with Crippen molar-refractivity contribution in [3.05, 3.63) is 32.7 Å². The highest BCUT2D eigenvalue weighted by molar-refractivity contribution is 9.10. The van der Waals surface area contributed by atoms with Crippen LogP contribution < -0.4 is 16.2 Å². The molecule has 1 aliphatic rings. The summed E-state index contributed by atoms with van der Waals surface area (Å²) >= 11 is 5.36. The summed E-state index contributed by atoms with van der Waals surface area (Å²) < 4.78 is 0.808. The van der Waals surface area contributed by atoms with Crippen LogP contribution in [-0.4, -0.2) is 16.5 Å². The molecule has 1 aliphatic heterocycles. The van der Waals surface area contributed by atoms with E-state index in [1.165, 1.54) is 16.8 Å². The Morgan fingerprint density at radius 3 is 3.16 bits per heavy atom. The van der Waals surface area contributed by atoms with E-state index in [1.807, 2.05) is 11.3 Å². The number of hydrazine groups is 1. The number of hydrogen-bond acceptors (Lipinski definition) is 6. The largest absolute Gasteiger partial charge is 0.348 e. The Morgan fingerprint density at radius 2 is 2.37 bits per heavy atom. The van der Waals surface area contributed by atoms with Crippen LogP contribution in [0.15, 0.2) is 22.2 Å². The number of anilines is 2. The molecule has 7 heteroatoms. The number of thiophene rings is 1. The van der Waals surface area contributed by atoms with E-state index >= 15 is 0 Å². The van der Waals surface area contributed by atoms with Crippen molar-refractivity contribution in [1.29, 1.82) is 0 Å². The lowest BCUT2D eigenvalue weighted by molar-refractivity contribution is 0.623. The van der Waals surface area contributed by atoms with Crippen LogP contribution in [0.1, 0.15) is 23.4 Å². The van der Waals surface area contributed by atoms with Gasteiger partial charge in [0.1, 0.15) is 16.6 Å². The Hall–Kier alpha value is -1.18. The van der Waals surface area contributed by atoms with Crippen molar-refractivity contribution in [2.24, 2.45) is 5.84 Å². The van der Waals surface area contributed by atoms with Gasteiger partial charge in [-0.2, -0.15) is 0 Å². The van der Waals surface area contributed by atoms with E-state index in [0.29, 0.717) is 11.9 Å². The molecule has 0 spiro atoms. The van der Waals surface area contributed by atoms with E-state index in [0.717, 1.165) is 23.3 Å². The van der Waals surface area contributed by atoms with E-state index < -0.39 is 0 Å². The van der Waals surface area contributed by atoms with Crippen molar-refractivity contribution in [1.82, 2.24) is 9.97 Å². The predicted octanol–water partition coefficient (Wildman–Crippen LogP) is 2.71. The van der Waals surface area contributed by atoms with Gasteiger partial charge in [0.05, 0.1) is 6.04 Å². The Morgan fingerprint density at radius 1 is 1.53 bits per heavy atom. The zero-order valence-electron chi connectivity index (χ0n) is 10.4. The molecule has 0 saturated heterocycles. The van der Waals surface area contributed by atoms with E-state index in [9.17, 15) is 0 Å². The third-order valence-corrected chi connectivity index (χ3v) is 5.18. The van der Waals surface area contributed by atoms with Crippen molar-refractivity contribution in [2.45, 2.75) is 19.4 Å². The second-order valence-corrected chi connectivity index (χ2v) is 6.22. The third-order valence-electron chi connectivity index (χ3n) is 3.46. The van der Waals surface area contributed by atoms with Gasteiger partial charge in [-0.15, -0.1) is 11.3 Å². The average Bonchev–Trinajstić information content (AvgIpc) is 2.89. The minimum absolute atomic E-state index is 0.312. The maximum Gasteiger partial charge on any atom is 0.159 e. The minimum Gasteiger partial charge on any atom is -0.348 e. The molecule has 0 aromatic carbocycles. The monoisotopic (exact) mass is 339 g/mol. The number of halogens is 1. The van der Waals surface area contributed by atoms with Gasteiger partial charge in [-0.25, -0.2) is 15.8 Å². The summed E-state index contributed by atoms with van der Waals surface area (Å²) in [5.74, 6) is 6.94. The quantitative estimate of drug-likeness (QED) is 0.650. The van der Waals surface area contributed by atoms with Gasteiger partial charge in [-0.05, 0) is 46.3 Å². The molecule has 2 aromatic heterocycles. The lowest BCUT2D eigenvalue weighted by Crippen LogP contribution is -2.34. The third kappa shape index (κ3) is 2.11. The summed E-state index contributed by atoms with van der Waals surface area (Å²) in [7, 11) is 0. The Balaban J connectivity index is 2.00. The molecule has 0 saturated carbocycles. The zero-order valence-corrected chi connectivity index (χ0v) is 12.8. The summed E-state index contributed by atoms with van der Waals surface area (Å²) in [6.45, 7) is 3.16. The fourth-order valence-corrected chi connectivity index (χ4v) is 3.97. The minimum atomic E-state index is 0.312. The summed E-state index contributed by atoms with van der Waals surface area (Å²) in [5, 5.41) is 2.16. The molecule has 0 amide bonds. The molecule has 3 rings (SSSR count). The fraction of sp³-hybridized carbons (Fsp3) is 0.333. The summed E-state index contributed by atoms with van der Waals surface area (Å²) in [6.07, 6.45) is 2.59. The number of nitrogens with two attached hydrogens (primary N) is 1. The Bertz CT molecular complexity index is 600. The second kappa shape index (κ2) is 5.07. The summed E-state index contributed by atoms with van der Waals surface area (Å²) in [4.78, 5) is 12.2. The lowest BCUT2D eigenvalue weighted by atomic mass is 10.0. The summed E-state index contributed by atoms with van der Waals surface area (Å²) in [6, 6.07) is 2.51. The van der Waals surface area contributed by atoms with E-state index in [2.05, 4.69) is 54.6 Å². The van der Waals surface area contributed by atoms with Gasteiger partial charge >= 0.3 is 0 Å². The molecule has 19 heavy (non-hydrogen) atoms. The molecule has 0 aliphatic carbocycles. The molecule has 0 bridgehead atoms. The number of nitrogens with zero attached hydrogens (tertiary/aromatic N) is 3. The number of hydrogen-bond donors (Lipinski definition) is 2. The van der Waals surface area contributed by atoms with E-state index in [-0.39, 0.29) is 0 Å². The van der Waals surface area contributed by atoms with Gasteiger partial charge < -0.3 is 10.3 Å². The molecule has 1 unspecified atom stereocenters. The van der Waals surface area contributed by atoms with Crippen LogP contribution >= 0.6 is 27.3 Å². The van der Waals surface area contributed by atoms with Crippen molar-refractivity contribution in [2.75, 3.05) is 16.9 Å². The van der Waals surface area contributed by atoms with Gasteiger partial charge in [0.25, 0.3) is 0 Å². The van der Waals surface area contributed by atoms with E-state index in [4.69, 9.17) is 5.84 Å². The van der Waals surface area contributed by atoms with Crippen LogP contribution in [0, 0.1) is 0 Å². The van der Waals surface area contributed by atoms with Crippen molar-refractivity contribution in [3.63, 3.8) is 0 Å². The highest BCUT2D eigenvalue weighted by Crippen LogP contribution is 2.39. The first-order valence-electron chi connectivity index (χ1n) is 6.02. The normalized spacial score (nSPS) is 18.3. The van der Waals surface area contributed by atoms with Crippen molar-refractivity contribution in [3.8, 4) is 0 Å². The second-order valence-electron chi connectivity index (χ2n) is 4.42. The zero-order chi connectivity index (χ0) is 13.4.